The largest absolute Gasteiger partial charge is 0.494 e. The predicted molar refractivity (Wildman–Crippen MR) is 77.8 cm³/mol. The number of anilines is 1. The average Bonchev–Trinajstić information content (AvgIpc) is 2.48. The highest BCUT2D eigenvalue weighted by atomic mass is 16.5. The van der Waals surface area contributed by atoms with E-state index in [4.69, 9.17) is 10.5 Å². The topological polar surface area (TPSA) is 67.6 Å². The smallest absolute Gasteiger partial charge is 0.255 e. The van der Waals surface area contributed by atoms with Crippen LogP contribution in [-0.4, -0.2) is 43.6 Å². The standard InChI is InChI=1S/C15H21N3O2/c1-20-14-11(3-2-4-12(14)16)15(19)17-13-9-18-7-5-10(13)6-8-18/h2-4,10,13H,5-9,16H2,1H3,(H,17,19). The molecule has 108 valence electrons. The van der Waals surface area contributed by atoms with Gasteiger partial charge in [-0.25, -0.2) is 0 Å². The number of hydrogen-bond donors (Lipinski definition) is 2. The highest BCUT2D eigenvalue weighted by Gasteiger charge is 2.35. The average molecular weight is 275 g/mol. The maximum absolute atomic E-state index is 12.5. The van der Waals surface area contributed by atoms with Gasteiger partial charge in [0.15, 0.2) is 5.75 Å². The number of piperidine rings is 3. The molecule has 3 N–H and O–H groups in total. The van der Waals surface area contributed by atoms with E-state index in [9.17, 15) is 4.79 Å². The molecule has 0 aliphatic carbocycles. The molecular weight excluding hydrogens is 254 g/mol. The van der Waals surface area contributed by atoms with E-state index < -0.39 is 0 Å². The van der Waals surface area contributed by atoms with Crippen molar-refractivity contribution in [3.05, 3.63) is 23.8 Å². The van der Waals surface area contributed by atoms with Crippen LogP contribution in [0.1, 0.15) is 23.2 Å². The minimum absolute atomic E-state index is 0.0899. The van der Waals surface area contributed by atoms with Gasteiger partial charge in [0.1, 0.15) is 0 Å². The summed E-state index contributed by atoms with van der Waals surface area (Å²) in [6.45, 7) is 3.29. The molecule has 5 nitrogen and oxygen atoms in total. The van der Waals surface area contributed by atoms with E-state index in [-0.39, 0.29) is 11.9 Å². The minimum atomic E-state index is -0.0899. The number of methoxy groups -OCH3 is 1. The molecule has 3 fully saturated rings. The Bertz CT molecular complexity index is 510. The summed E-state index contributed by atoms with van der Waals surface area (Å²) >= 11 is 0. The van der Waals surface area contributed by atoms with Gasteiger partial charge >= 0.3 is 0 Å². The van der Waals surface area contributed by atoms with Gasteiger partial charge in [-0.3, -0.25) is 4.79 Å². The van der Waals surface area contributed by atoms with Crippen molar-refractivity contribution in [1.29, 1.82) is 0 Å². The van der Waals surface area contributed by atoms with Crippen LogP contribution >= 0.6 is 0 Å². The van der Waals surface area contributed by atoms with Crippen LogP contribution in [0.4, 0.5) is 5.69 Å². The first kappa shape index (κ1) is 13.2. The molecule has 1 atom stereocenters. The van der Waals surface area contributed by atoms with Crippen LogP contribution in [0.2, 0.25) is 0 Å². The number of hydrogen-bond acceptors (Lipinski definition) is 4. The Morgan fingerprint density at radius 2 is 2.15 bits per heavy atom. The normalized spacial score (nSPS) is 28.1. The molecule has 20 heavy (non-hydrogen) atoms. The van der Waals surface area contributed by atoms with Crippen LogP contribution < -0.4 is 15.8 Å². The Kier molecular flexibility index (Phi) is 3.53. The van der Waals surface area contributed by atoms with Crippen LogP contribution in [0, 0.1) is 5.92 Å². The van der Waals surface area contributed by atoms with E-state index in [1.54, 1.807) is 18.2 Å². The molecular formula is C15H21N3O2. The van der Waals surface area contributed by atoms with Crippen LogP contribution in [0.3, 0.4) is 0 Å². The zero-order chi connectivity index (χ0) is 14.1. The number of amides is 1. The van der Waals surface area contributed by atoms with Crippen molar-refractivity contribution in [2.45, 2.75) is 18.9 Å². The minimum Gasteiger partial charge on any atom is -0.494 e. The van der Waals surface area contributed by atoms with Gasteiger partial charge in [0.25, 0.3) is 5.91 Å². The van der Waals surface area contributed by atoms with Crippen molar-refractivity contribution in [3.8, 4) is 5.75 Å². The van der Waals surface area contributed by atoms with Crippen LogP contribution in [0.5, 0.6) is 5.75 Å². The summed E-state index contributed by atoms with van der Waals surface area (Å²) in [6.07, 6.45) is 2.36. The molecule has 0 spiro atoms. The van der Waals surface area contributed by atoms with Gasteiger partial charge in [-0.1, -0.05) is 6.07 Å². The fourth-order valence-electron chi connectivity index (χ4n) is 3.34. The summed E-state index contributed by atoms with van der Waals surface area (Å²) < 4.78 is 5.25. The van der Waals surface area contributed by atoms with E-state index in [0.29, 0.717) is 22.9 Å². The number of rotatable bonds is 3. The molecule has 0 saturated carbocycles. The fraction of sp³-hybridized carbons (Fsp3) is 0.533. The second-order valence-electron chi connectivity index (χ2n) is 5.65. The van der Waals surface area contributed by atoms with Crippen molar-refractivity contribution < 1.29 is 9.53 Å². The first-order valence-corrected chi connectivity index (χ1v) is 7.14. The van der Waals surface area contributed by atoms with Gasteiger partial charge in [0.05, 0.1) is 18.4 Å². The van der Waals surface area contributed by atoms with Crippen molar-refractivity contribution in [1.82, 2.24) is 10.2 Å². The Morgan fingerprint density at radius 3 is 2.75 bits per heavy atom. The van der Waals surface area contributed by atoms with E-state index in [0.717, 1.165) is 6.54 Å². The number of fused-ring (bicyclic) bond motifs is 3. The zero-order valence-corrected chi connectivity index (χ0v) is 11.8. The summed E-state index contributed by atoms with van der Waals surface area (Å²) in [4.78, 5) is 14.9. The lowest BCUT2D eigenvalue weighted by atomic mass is 9.84. The molecule has 3 aliphatic heterocycles. The molecule has 5 heteroatoms. The maximum Gasteiger partial charge on any atom is 0.255 e. The quantitative estimate of drug-likeness (QED) is 0.811. The Hall–Kier alpha value is -1.75. The lowest BCUT2D eigenvalue weighted by molar-refractivity contribution is 0.0619. The summed E-state index contributed by atoms with van der Waals surface area (Å²) in [6, 6.07) is 5.52. The van der Waals surface area contributed by atoms with Gasteiger partial charge in [-0.05, 0) is 44.0 Å². The second kappa shape index (κ2) is 5.32. The molecule has 3 heterocycles. The Labute approximate surface area is 119 Å². The molecule has 3 aliphatic rings. The number of carbonyl (C=O) groups is 1. The van der Waals surface area contributed by atoms with Crippen molar-refractivity contribution in [3.63, 3.8) is 0 Å². The Morgan fingerprint density at radius 1 is 1.40 bits per heavy atom. The number of benzene rings is 1. The van der Waals surface area contributed by atoms with Crippen molar-refractivity contribution in [2.24, 2.45) is 5.92 Å². The maximum atomic E-state index is 12.5. The van der Waals surface area contributed by atoms with Crippen molar-refractivity contribution >= 4 is 11.6 Å². The van der Waals surface area contributed by atoms with Crippen LogP contribution in [-0.2, 0) is 0 Å². The lowest BCUT2D eigenvalue weighted by Crippen LogP contribution is -2.57. The molecule has 1 aromatic carbocycles. The monoisotopic (exact) mass is 275 g/mol. The fourth-order valence-corrected chi connectivity index (χ4v) is 3.34. The second-order valence-corrected chi connectivity index (χ2v) is 5.65. The van der Waals surface area contributed by atoms with Gasteiger partial charge in [-0.2, -0.15) is 0 Å². The van der Waals surface area contributed by atoms with Gasteiger partial charge in [0, 0.05) is 12.6 Å². The van der Waals surface area contributed by atoms with Gasteiger partial charge in [-0.15, -0.1) is 0 Å². The van der Waals surface area contributed by atoms with E-state index >= 15 is 0 Å². The SMILES string of the molecule is COc1c(N)cccc1C(=O)NC1CN2CCC1CC2. The number of ether oxygens (including phenoxy) is 1. The first-order valence-electron chi connectivity index (χ1n) is 7.14. The van der Waals surface area contributed by atoms with Gasteiger partial charge in [0.2, 0.25) is 0 Å². The molecule has 2 bridgehead atoms. The Balaban J connectivity index is 1.75. The molecule has 0 radical (unpaired) electrons. The third-order valence-corrected chi connectivity index (χ3v) is 4.47. The van der Waals surface area contributed by atoms with E-state index in [1.807, 2.05) is 0 Å². The molecule has 1 unspecified atom stereocenters. The third-order valence-electron chi connectivity index (χ3n) is 4.47. The predicted octanol–water partition coefficient (Wildman–Crippen LogP) is 1.10. The summed E-state index contributed by atoms with van der Waals surface area (Å²) in [5, 5.41) is 3.15. The highest BCUT2D eigenvalue weighted by molar-refractivity contribution is 5.98. The summed E-state index contributed by atoms with van der Waals surface area (Å²) in [5.74, 6) is 0.982. The number of para-hydroxylation sites is 1. The number of nitrogens with two attached hydrogens (primary N) is 1. The number of nitrogen functional groups attached to an aromatic ring is 1. The van der Waals surface area contributed by atoms with Crippen molar-refractivity contribution in [2.75, 3.05) is 32.5 Å². The third kappa shape index (κ3) is 2.33. The highest BCUT2D eigenvalue weighted by Crippen LogP contribution is 2.29. The van der Waals surface area contributed by atoms with Crippen LogP contribution in [0.15, 0.2) is 18.2 Å². The molecule has 0 aromatic heterocycles. The molecule has 4 rings (SSSR count). The first-order chi connectivity index (χ1) is 9.69. The van der Waals surface area contributed by atoms with Gasteiger partial charge < -0.3 is 20.7 Å². The summed E-state index contributed by atoms with van der Waals surface area (Å²) in [5.41, 5.74) is 6.86. The molecule has 3 saturated heterocycles. The van der Waals surface area contributed by atoms with E-state index in [1.165, 1.54) is 33.0 Å². The van der Waals surface area contributed by atoms with Crippen LogP contribution in [0.25, 0.3) is 0 Å². The molecule has 1 amide bonds. The number of nitrogens with one attached hydrogen (secondary N) is 1. The zero-order valence-electron chi connectivity index (χ0n) is 11.8. The van der Waals surface area contributed by atoms with E-state index in [2.05, 4.69) is 10.2 Å². The number of nitrogens with zero attached hydrogens (tertiary/aromatic N) is 1. The molecule has 1 aromatic rings. The number of carbonyl (C=O) groups excluding carboxylic acids is 1. The summed E-state index contributed by atoms with van der Waals surface area (Å²) in [7, 11) is 1.54. The lowest BCUT2D eigenvalue weighted by Gasteiger charge is -2.44.